The fraction of sp³-hybridized carbons (Fsp3) is 1.00. The summed E-state index contributed by atoms with van der Waals surface area (Å²) in [5.74, 6) is 2.81. The van der Waals surface area contributed by atoms with Gasteiger partial charge >= 0.3 is 0 Å². The third kappa shape index (κ3) is 6.45. The van der Waals surface area contributed by atoms with Crippen LogP contribution in [0.15, 0.2) is 0 Å². The van der Waals surface area contributed by atoms with E-state index < -0.39 is 0 Å². The molecule has 0 aromatic carbocycles. The Morgan fingerprint density at radius 2 is 1.50 bits per heavy atom. The van der Waals surface area contributed by atoms with Gasteiger partial charge in [0.15, 0.2) is 0 Å². The first-order chi connectivity index (χ1) is 6.61. The van der Waals surface area contributed by atoms with Gasteiger partial charge in [-0.25, -0.2) is 0 Å². The molecule has 0 heteroatoms. The summed E-state index contributed by atoms with van der Waals surface area (Å²) in [5.41, 5.74) is 0. The van der Waals surface area contributed by atoms with E-state index in [1.165, 1.54) is 38.5 Å². The molecule has 86 valence electrons. The Kier molecular flexibility index (Phi) is 8.32. The summed E-state index contributed by atoms with van der Waals surface area (Å²) in [6.07, 6.45) is 8.46. The van der Waals surface area contributed by atoms with Gasteiger partial charge in [-0.2, -0.15) is 0 Å². The van der Waals surface area contributed by atoms with E-state index >= 15 is 0 Å². The van der Waals surface area contributed by atoms with Crippen LogP contribution in [0.1, 0.15) is 73.1 Å². The van der Waals surface area contributed by atoms with Crippen molar-refractivity contribution in [1.29, 1.82) is 0 Å². The van der Waals surface area contributed by atoms with Gasteiger partial charge in [0, 0.05) is 0 Å². The quantitative estimate of drug-likeness (QED) is 0.498. The Balaban J connectivity index is 3.72. The summed E-state index contributed by atoms with van der Waals surface area (Å²) in [6, 6.07) is 0. The van der Waals surface area contributed by atoms with E-state index in [1.54, 1.807) is 0 Å². The SMILES string of the molecule is CCCC(CCCC(C)C)C(C)CC. The molecule has 0 fully saturated rings. The topological polar surface area (TPSA) is 0 Å². The van der Waals surface area contributed by atoms with Crippen LogP contribution in [0.4, 0.5) is 0 Å². The van der Waals surface area contributed by atoms with E-state index in [9.17, 15) is 0 Å². The highest BCUT2D eigenvalue weighted by atomic mass is 14.2. The molecule has 0 N–H and O–H groups in total. The van der Waals surface area contributed by atoms with Gasteiger partial charge in [-0.3, -0.25) is 0 Å². The first-order valence-electron chi connectivity index (χ1n) is 6.61. The van der Waals surface area contributed by atoms with Crippen LogP contribution in [0.2, 0.25) is 0 Å². The highest BCUT2D eigenvalue weighted by Gasteiger charge is 2.14. The van der Waals surface area contributed by atoms with Gasteiger partial charge in [-0.05, 0) is 17.8 Å². The summed E-state index contributed by atoms with van der Waals surface area (Å²) in [6.45, 7) is 11.7. The second-order valence-electron chi connectivity index (χ2n) is 5.26. The molecule has 0 aliphatic rings. The zero-order valence-electron chi connectivity index (χ0n) is 11.0. The van der Waals surface area contributed by atoms with Gasteiger partial charge in [0.1, 0.15) is 0 Å². The van der Waals surface area contributed by atoms with E-state index in [4.69, 9.17) is 0 Å². The van der Waals surface area contributed by atoms with Crippen LogP contribution < -0.4 is 0 Å². The van der Waals surface area contributed by atoms with Gasteiger partial charge in [0.25, 0.3) is 0 Å². The molecule has 0 amide bonds. The standard InChI is InChI=1S/C14H30/c1-6-9-14(13(5)7-2)11-8-10-12(3)4/h12-14H,6-11H2,1-5H3. The molecule has 0 heterocycles. The lowest BCUT2D eigenvalue weighted by Gasteiger charge is -2.22. The smallest absolute Gasteiger partial charge is 0.0389 e. The summed E-state index contributed by atoms with van der Waals surface area (Å²) in [4.78, 5) is 0. The van der Waals surface area contributed by atoms with Crippen molar-refractivity contribution < 1.29 is 0 Å². The van der Waals surface area contributed by atoms with Crippen LogP contribution in [0, 0.1) is 17.8 Å². The monoisotopic (exact) mass is 198 g/mol. The van der Waals surface area contributed by atoms with Crippen LogP contribution in [0.25, 0.3) is 0 Å². The van der Waals surface area contributed by atoms with Gasteiger partial charge in [0.2, 0.25) is 0 Å². The Hall–Kier alpha value is 0. The fourth-order valence-corrected chi connectivity index (χ4v) is 2.21. The molecular weight excluding hydrogens is 168 g/mol. The molecule has 0 saturated heterocycles. The summed E-state index contributed by atoms with van der Waals surface area (Å²) >= 11 is 0. The van der Waals surface area contributed by atoms with Crippen LogP contribution in [0.3, 0.4) is 0 Å². The first kappa shape index (κ1) is 14.0. The minimum absolute atomic E-state index is 0.884. The lowest BCUT2D eigenvalue weighted by atomic mass is 9.83. The maximum Gasteiger partial charge on any atom is -0.0389 e. The Morgan fingerprint density at radius 1 is 0.857 bits per heavy atom. The van der Waals surface area contributed by atoms with E-state index in [2.05, 4.69) is 34.6 Å². The van der Waals surface area contributed by atoms with Crippen LogP contribution in [-0.4, -0.2) is 0 Å². The van der Waals surface area contributed by atoms with Crippen LogP contribution in [-0.2, 0) is 0 Å². The van der Waals surface area contributed by atoms with Gasteiger partial charge < -0.3 is 0 Å². The molecule has 0 radical (unpaired) electrons. The van der Waals surface area contributed by atoms with Crippen molar-refractivity contribution in [2.24, 2.45) is 17.8 Å². The molecule has 0 aliphatic heterocycles. The molecule has 2 unspecified atom stereocenters. The lowest BCUT2D eigenvalue weighted by Crippen LogP contribution is -2.11. The second-order valence-corrected chi connectivity index (χ2v) is 5.26. The Labute approximate surface area is 91.5 Å². The second kappa shape index (κ2) is 8.32. The molecule has 2 atom stereocenters. The summed E-state index contributed by atoms with van der Waals surface area (Å²) < 4.78 is 0. The molecular formula is C14H30. The molecule has 0 nitrogen and oxygen atoms in total. The van der Waals surface area contributed by atoms with Crippen LogP contribution in [0.5, 0.6) is 0 Å². The van der Waals surface area contributed by atoms with Crippen molar-refractivity contribution in [2.75, 3.05) is 0 Å². The molecule has 0 rings (SSSR count). The molecule has 0 bridgehead atoms. The fourth-order valence-electron chi connectivity index (χ4n) is 2.21. The molecule has 0 saturated carbocycles. The maximum atomic E-state index is 2.43. The Morgan fingerprint density at radius 3 is 1.93 bits per heavy atom. The average molecular weight is 198 g/mol. The minimum Gasteiger partial charge on any atom is -0.0654 e. The third-order valence-electron chi connectivity index (χ3n) is 3.46. The average Bonchev–Trinajstić information content (AvgIpc) is 2.15. The lowest BCUT2D eigenvalue weighted by molar-refractivity contribution is 0.291. The third-order valence-corrected chi connectivity index (χ3v) is 3.46. The summed E-state index contributed by atoms with van der Waals surface area (Å²) in [5, 5.41) is 0. The highest BCUT2D eigenvalue weighted by Crippen LogP contribution is 2.26. The molecule has 0 aromatic rings. The van der Waals surface area contributed by atoms with E-state index in [1.807, 2.05) is 0 Å². The van der Waals surface area contributed by atoms with Crippen molar-refractivity contribution in [1.82, 2.24) is 0 Å². The zero-order valence-corrected chi connectivity index (χ0v) is 11.0. The largest absolute Gasteiger partial charge is 0.0654 e. The van der Waals surface area contributed by atoms with E-state index in [-0.39, 0.29) is 0 Å². The van der Waals surface area contributed by atoms with Crippen molar-refractivity contribution in [3.05, 3.63) is 0 Å². The molecule has 0 aromatic heterocycles. The zero-order chi connectivity index (χ0) is 11.0. The highest BCUT2D eigenvalue weighted by molar-refractivity contribution is 4.65. The number of hydrogen-bond donors (Lipinski definition) is 0. The number of rotatable bonds is 8. The van der Waals surface area contributed by atoms with Crippen LogP contribution >= 0.6 is 0 Å². The predicted molar refractivity (Wildman–Crippen MR) is 66.5 cm³/mol. The normalized spacial score (nSPS) is 15.9. The van der Waals surface area contributed by atoms with Crippen molar-refractivity contribution in [2.45, 2.75) is 73.1 Å². The molecule has 0 spiro atoms. The minimum atomic E-state index is 0.884. The van der Waals surface area contributed by atoms with Gasteiger partial charge in [0.05, 0.1) is 0 Å². The van der Waals surface area contributed by atoms with E-state index in [0.29, 0.717) is 0 Å². The van der Waals surface area contributed by atoms with Crippen molar-refractivity contribution in [3.63, 3.8) is 0 Å². The Bertz CT molecular complexity index is 115. The summed E-state index contributed by atoms with van der Waals surface area (Å²) in [7, 11) is 0. The first-order valence-corrected chi connectivity index (χ1v) is 6.61. The maximum absolute atomic E-state index is 2.43. The molecule has 0 aliphatic carbocycles. The van der Waals surface area contributed by atoms with Crippen molar-refractivity contribution >= 4 is 0 Å². The molecule has 14 heavy (non-hydrogen) atoms. The van der Waals surface area contributed by atoms with Gasteiger partial charge in [-0.15, -0.1) is 0 Å². The predicted octanol–water partition coefficient (Wildman–Crippen LogP) is 5.28. The van der Waals surface area contributed by atoms with E-state index in [0.717, 1.165) is 17.8 Å². The van der Waals surface area contributed by atoms with Gasteiger partial charge in [-0.1, -0.05) is 73.1 Å². The van der Waals surface area contributed by atoms with Crippen molar-refractivity contribution in [3.8, 4) is 0 Å². The number of hydrogen-bond acceptors (Lipinski definition) is 0.